The van der Waals surface area contributed by atoms with E-state index in [1.807, 2.05) is 20.8 Å². The molecule has 2 aromatic carbocycles. The Morgan fingerprint density at radius 3 is 2.41 bits per heavy atom. The van der Waals surface area contributed by atoms with Crippen LogP contribution >= 0.6 is 0 Å². The molecule has 0 saturated heterocycles. The average molecular weight is 391 g/mol. The van der Waals surface area contributed by atoms with Crippen molar-refractivity contribution in [3.63, 3.8) is 0 Å². The lowest BCUT2D eigenvalue weighted by Crippen LogP contribution is -2.30. The van der Waals surface area contributed by atoms with Crippen molar-refractivity contribution in [1.82, 2.24) is 4.90 Å². The summed E-state index contributed by atoms with van der Waals surface area (Å²) >= 11 is 0. The number of hydrogen-bond donors (Lipinski definition) is 1. The first kappa shape index (κ1) is 20.8. The minimum atomic E-state index is -3.80. The van der Waals surface area contributed by atoms with Crippen LogP contribution in [0.25, 0.3) is 0 Å². The third kappa shape index (κ3) is 5.72. The Morgan fingerprint density at radius 1 is 1.15 bits per heavy atom. The summed E-state index contributed by atoms with van der Waals surface area (Å²) in [4.78, 5) is 14.1. The zero-order valence-electron chi connectivity index (χ0n) is 16.1. The van der Waals surface area contributed by atoms with Crippen LogP contribution in [0.1, 0.15) is 31.1 Å². The van der Waals surface area contributed by atoms with Gasteiger partial charge in [0.2, 0.25) is 0 Å². The lowest BCUT2D eigenvalue weighted by atomic mass is 10.1. The first-order valence-electron chi connectivity index (χ1n) is 8.84. The van der Waals surface area contributed by atoms with Crippen molar-refractivity contribution in [3.8, 4) is 5.75 Å². The standard InChI is InChI=1S/C20H26N2O4S/c1-5-26-18-11-9-17(10-12-18)21-27(24,25)19-8-6-7-16(13-19)20(23)22(4)14-15(2)3/h6-13,15,21H,5,14H2,1-4H3. The van der Waals surface area contributed by atoms with Crippen molar-refractivity contribution in [2.75, 3.05) is 24.9 Å². The monoisotopic (exact) mass is 390 g/mol. The Bertz CT molecular complexity index is 877. The smallest absolute Gasteiger partial charge is 0.261 e. The molecule has 0 spiro atoms. The van der Waals surface area contributed by atoms with Gasteiger partial charge < -0.3 is 9.64 Å². The van der Waals surface area contributed by atoms with E-state index in [4.69, 9.17) is 4.74 Å². The van der Waals surface area contributed by atoms with Gasteiger partial charge in [0, 0.05) is 24.8 Å². The van der Waals surface area contributed by atoms with E-state index < -0.39 is 10.0 Å². The molecule has 2 rings (SSSR count). The van der Waals surface area contributed by atoms with Gasteiger partial charge in [0.1, 0.15) is 5.75 Å². The van der Waals surface area contributed by atoms with E-state index in [1.165, 1.54) is 12.1 Å². The van der Waals surface area contributed by atoms with Gasteiger partial charge in [-0.15, -0.1) is 0 Å². The summed E-state index contributed by atoms with van der Waals surface area (Å²) in [7, 11) is -2.09. The molecule has 0 aliphatic rings. The Kier molecular flexibility index (Phi) is 6.85. The van der Waals surface area contributed by atoms with Crippen molar-refractivity contribution in [2.45, 2.75) is 25.7 Å². The van der Waals surface area contributed by atoms with Crippen molar-refractivity contribution >= 4 is 21.6 Å². The maximum absolute atomic E-state index is 12.7. The molecular formula is C20H26N2O4S. The highest BCUT2D eigenvalue weighted by molar-refractivity contribution is 7.92. The zero-order chi connectivity index (χ0) is 20.0. The maximum atomic E-state index is 12.7. The van der Waals surface area contributed by atoms with Gasteiger partial charge in [0.15, 0.2) is 0 Å². The molecule has 0 unspecified atom stereocenters. The number of rotatable bonds is 8. The van der Waals surface area contributed by atoms with Gasteiger partial charge in [-0.2, -0.15) is 0 Å². The Morgan fingerprint density at radius 2 is 1.81 bits per heavy atom. The minimum Gasteiger partial charge on any atom is -0.494 e. The van der Waals surface area contributed by atoms with Gasteiger partial charge in [-0.3, -0.25) is 9.52 Å². The van der Waals surface area contributed by atoms with Crippen molar-refractivity contribution < 1.29 is 17.9 Å². The molecule has 7 heteroatoms. The molecule has 0 radical (unpaired) electrons. The van der Waals surface area contributed by atoms with Crippen molar-refractivity contribution in [2.24, 2.45) is 5.92 Å². The average Bonchev–Trinajstić information content (AvgIpc) is 2.62. The molecule has 1 N–H and O–H groups in total. The lowest BCUT2D eigenvalue weighted by Gasteiger charge is -2.19. The first-order chi connectivity index (χ1) is 12.7. The molecule has 0 saturated carbocycles. The van der Waals surface area contributed by atoms with Gasteiger partial charge in [0.05, 0.1) is 11.5 Å². The molecule has 146 valence electrons. The second-order valence-electron chi connectivity index (χ2n) is 6.67. The van der Waals surface area contributed by atoms with E-state index in [9.17, 15) is 13.2 Å². The predicted octanol–water partition coefficient (Wildman–Crippen LogP) is 3.61. The largest absolute Gasteiger partial charge is 0.494 e. The summed E-state index contributed by atoms with van der Waals surface area (Å²) in [6.07, 6.45) is 0. The summed E-state index contributed by atoms with van der Waals surface area (Å²) in [5, 5.41) is 0. The van der Waals surface area contributed by atoms with E-state index in [2.05, 4.69) is 4.72 Å². The van der Waals surface area contributed by atoms with Crippen LogP contribution in [0.4, 0.5) is 5.69 Å². The summed E-state index contributed by atoms with van der Waals surface area (Å²) in [5.74, 6) is 0.787. The number of amides is 1. The highest BCUT2D eigenvalue weighted by atomic mass is 32.2. The topological polar surface area (TPSA) is 75.7 Å². The fraction of sp³-hybridized carbons (Fsp3) is 0.350. The molecule has 1 amide bonds. The predicted molar refractivity (Wildman–Crippen MR) is 107 cm³/mol. The van der Waals surface area contributed by atoms with E-state index in [0.29, 0.717) is 36.1 Å². The molecule has 0 bridgehead atoms. The van der Waals surface area contributed by atoms with Crippen LogP contribution in [-0.2, 0) is 10.0 Å². The van der Waals surface area contributed by atoms with Crippen LogP contribution in [0.5, 0.6) is 5.75 Å². The quantitative estimate of drug-likeness (QED) is 0.747. The molecule has 0 aromatic heterocycles. The van der Waals surface area contributed by atoms with E-state index >= 15 is 0 Å². The van der Waals surface area contributed by atoms with Crippen molar-refractivity contribution in [3.05, 3.63) is 54.1 Å². The minimum absolute atomic E-state index is 0.0418. The second kappa shape index (κ2) is 8.90. The van der Waals surface area contributed by atoms with Gasteiger partial charge in [0.25, 0.3) is 15.9 Å². The number of nitrogens with one attached hydrogen (secondary N) is 1. The molecule has 0 atom stereocenters. The fourth-order valence-electron chi connectivity index (χ4n) is 2.65. The molecule has 0 aliphatic heterocycles. The molecule has 27 heavy (non-hydrogen) atoms. The zero-order valence-corrected chi connectivity index (χ0v) is 16.9. The Balaban J connectivity index is 2.20. The summed E-state index contributed by atoms with van der Waals surface area (Å²) < 4.78 is 33.2. The number of carbonyl (C=O) groups excluding carboxylic acids is 1. The molecule has 2 aromatic rings. The SMILES string of the molecule is CCOc1ccc(NS(=O)(=O)c2cccc(C(=O)N(C)CC(C)C)c2)cc1. The molecular weight excluding hydrogens is 364 g/mol. The number of hydrogen-bond acceptors (Lipinski definition) is 4. The maximum Gasteiger partial charge on any atom is 0.261 e. The first-order valence-corrected chi connectivity index (χ1v) is 10.3. The molecule has 0 aliphatic carbocycles. The van der Waals surface area contributed by atoms with Crippen LogP contribution in [0, 0.1) is 5.92 Å². The van der Waals surface area contributed by atoms with Crippen molar-refractivity contribution in [1.29, 1.82) is 0 Å². The van der Waals surface area contributed by atoms with E-state index in [-0.39, 0.29) is 10.8 Å². The molecule has 0 fully saturated rings. The summed E-state index contributed by atoms with van der Waals surface area (Å²) in [6, 6.07) is 12.7. The fourth-order valence-corrected chi connectivity index (χ4v) is 3.75. The highest BCUT2D eigenvalue weighted by Gasteiger charge is 2.18. The number of carbonyl (C=O) groups is 1. The summed E-state index contributed by atoms with van der Waals surface area (Å²) in [6.45, 7) is 7.05. The van der Waals surface area contributed by atoms with Crippen LogP contribution < -0.4 is 9.46 Å². The molecule has 0 heterocycles. The van der Waals surface area contributed by atoms with E-state index in [1.54, 1.807) is 48.3 Å². The van der Waals surface area contributed by atoms with Gasteiger partial charge >= 0.3 is 0 Å². The second-order valence-corrected chi connectivity index (χ2v) is 8.35. The summed E-state index contributed by atoms with van der Waals surface area (Å²) in [5.41, 5.74) is 0.764. The van der Waals surface area contributed by atoms with Gasteiger partial charge in [-0.1, -0.05) is 19.9 Å². The number of sulfonamides is 1. The number of anilines is 1. The van der Waals surface area contributed by atoms with Crippen LogP contribution in [0.2, 0.25) is 0 Å². The van der Waals surface area contributed by atoms with Crippen LogP contribution in [-0.4, -0.2) is 39.4 Å². The van der Waals surface area contributed by atoms with Crippen LogP contribution in [0.3, 0.4) is 0 Å². The van der Waals surface area contributed by atoms with Gasteiger partial charge in [-0.05, 0) is 55.3 Å². The third-order valence-corrected chi connectivity index (χ3v) is 5.17. The number of nitrogens with zero attached hydrogens (tertiary/aromatic N) is 1. The van der Waals surface area contributed by atoms with Gasteiger partial charge in [-0.25, -0.2) is 8.42 Å². The Labute approximate surface area is 161 Å². The number of ether oxygens (including phenoxy) is 1. The normalized spacial score (nSPS) is 11.3. The van der Waals surface area contributed by atoms with E-state index in [0.717, 1.165) is 0 Å². The highest BCUT2D eigenvalue weighted by Crippen LogP contribution is 2.20. The lowest BCUT2D eigenvalue weighted by molar-refractivity contribution is 0.0779. The Hall–Kier alpha value is -2.54. The number of benzene rings is 2. The van der Waals surface area contributed by atoms with Crippen LogP contribution in [0.15, 0.2) is 53.4 Å². The molecule has 6 nitrogen and oxygen atoms in total. The third-order valence-electron chi connectivity index (χ3n) is 3.79.